The number of aromatic nitrogens is 2. The zero-order valence-corrected chi connectivity index (χ0v) is 11.0. The fraction of sp³-hybridized carbons (Fsp3) is 0.417. The number of rotatable bonds is 1. The lowest BCUT2D eigenvalue weighted by Gasteiger charge is -2.18. The first kappa shape index (κ1) is 14.6. The Hall–Kier alpha value is -2.49. The van der Waals surface area contributed by atoms with Crippen LogP contribution in [0.25, 0.3) is 0 Å². The van der Waals surface area contributed by atoms with Crippen LogP contribution in [0.15, 0.2) is 11.0 Å². The van der Waals surface area contributed by atoms with Crippen LogP contribution in [0.5, 0.6) is 0 Å². The Kier molecular flexibility index (Phi) is 4.53. The van der Waals surface area contributed by atoms with Gasteiger partial charge in [0.25, 0.3) is 0 Å². The number of alkyl carbamates (subject to hydrolysis) is 1. The number of carbonyl (C=O) groups is 1. The molecule has 1 aromatic heterocycles. The highest BCUT2D eigenvalue weighted by Gasteiger charge is 2.14. The van der Waals surface area contributed by atoms with Crippen LogP contribution in [0.4, 0.5) is 10.6 Å². The molecule has 4 N–H and O–H groups in total. The highest BCUT2D eigenvalue weighted by Crippen LogP contribution is 2.06. The van der Waals surface area contributed by atoms with Crippen LogP contribution in [0.3, 0.4) is 0 Å². The van der Waals surface area contributed by atoms with E-state index in [0.29, 0.717) is 5.56 Å². The summed E-state index contributed by atoms with van der Waals surface area (Å²) in [5.74, 6) is 5.50. The number of amides is 1. The molecule has 0 bridgehead atoms. The molecular formula is C12H16N4O3. The second-order valence-corrected chi connectivity index (χ2v) is 4.67. The van der Waals surface area contributed by atoms with Crippen LogP contribution in [0.1, 0.15) is 26.3 Å². The third-order valence-corrected chi connectivity index (χ3v) is 1.79. The number of nitrogens with zero attached hydrogens (tertiary/aromatic N) is 1. The van der Waals surface area contributed by atoms with Crippen molar-refractivity contribution in [3.63, 3.8) is 0 Å². The van der Waals surface area contributed by atoms with Gasteiger partial charge < -0.3 is 15.8 Å². The van der Waals surface area contributed by atoms with Crippen molar-refractivity contribution in [2.75, 3.05) is 12.3 Å². The van der Waals surface area contributed by atoms with Gasteiger partial charge in [-0.15, -0.1) is 0 Å². The minimum Gasteiger partial charge on any atom is -0.444 e. The maximum absolute atomic E-state index is 11.3. The van der Waals surface area contributed by atoms with Crippen LogP contribution in [0, 0.1) is 11.8 Å². The van der Waals surface area contributed by atoms with Crippen LogP contribution >= 0.6 is 0 Å². The summed E-state index contributed by atoms with van der Waals surface area (Å²) in [5, 5.41) is 2.47. The number of nitrogen functional groups attached to an aromatic ring is 1. The molecule has 7 nitrogen and oxygen atoms in total. The van der Waals surface area contributed by atoms with E-state index in [0.717, 1.165) is 0 Å². The van der Waals surface area contributed by atoms with E-state index in [1.54, 1.807) is 20.8 Å². The number of carbonyl (C=O) groups excluding carboxylic acids is 1. The zero-order valence-electron chi connectivity index (χ0n) is 11.0. The van der Waals surface area contributed by atoms with E-state index in [2.05, 4.69) is 27.1 Å². The predicted octanol–water partition coefficient (Wildman–Crippen LogP) is 0.228. The molecule has 1 heterocycles. The second-order valence-electron chi connectivity index (χ2n) is 4.67. The van der Waals surface area contributed by atoms with Gasteiger partial charge in [-0.1, -0.05) is 11.8 Å². The average molecular weight is 264 g/mol. The van der Waals surface area contributed by atoms with Gasteiger partial charge in [-0.2, -0.15) is 0 Å². The first-order valence-corrected chi connectivity index (χ1v) is 5.58. The summed E-state index contributed by atoms with van der Waals surface area (Å²) in [7, 11) is 0. The molecule has 0 aromatic carbocycles. The fourth-order valence-corrected chi connectivity index (χ4v) is 1.08. The molecule has 1 aromatic rings. The third-order valence-electron chi connectivity index (χ3n) is 1.79. The Morgan fingerprint density at radius 3 is 2.84 bits per heavy atom. The van der Waals surface area contributed by atoms with E-state index in [1.165, 1.54) is 6.20 Å². The molecule has 0 aliphatic rings. The molecule has 0 atom stereocenters. The topological polar surface area (TPSA) is 110 Å². The largest absolute Gasteiger partial charge is 0.444 e. The SMILES string of the molecule is CC(C)(C)OC(=O)NCC#Cc1cnc(=O)[nH]c1N. The summed E-state index contributed by atoms with van der Waals surface area (Å²) in [6.07, 6.45) is 0.726. The number of hydrogen-bond donors (Lipinski definition) is 3. The standard InChI is InChI=1S/C12H16N4O3/c1-12(2,3)19-11(18)14-6-4-5-8-7-15-10(17)16-9(8)13/h7H,6H2,1-3H3,(H,14,18)(H3,13,15,16,17). The zero-order chi connectivity index (χ0) is 14.5. The van der Waals surface area contributed by atoms with E-state index >= 15 is 0 Å². The number of anilines is 1. The second kappa shape index (κ2) is 5.91. The van der Waals surface area contributed by atoms with Crippen molar-refractivity contribution >= 4 is 11.9 Å². The number of ether oxygens (including phenoxy) is 1. The van der Waals surface area contributed by atoms with Gasteiger partial charge >= 0.3 is 11.8 Å². The van der Waals surface area contributed by atoms with E-state index in [9.17, 15) is 9.59 Å². The van der Waals surface area contributed by atoms with E-state index < -0.39 is 17.4 Å². The summed E-state index contributed by atoms with van der Waals surface area (Å²) < 4.78 is 5.03. The van der Waals surface area contributed by atoms with Gasteiger partial charge in [0.2, 0.25) is 0 Å². The normalized spacial score (nSPS) is 10.3. The third kappa shape index (κ3) is 5.59. The lowest BCUT2D eigenvalue weighted by atomic mass is 10.2. The van der Waals surface area contributed by atoms with Gasteiger partial charge in [0.1, 0.15) is 11.4 Å². The maximum atomic E-state index is 11.3. The molecule has 0 fully saturated rings. The van der Waals surface area contributed by atoms with Gasteiger partial charge in [0, 0.05) is 0 Å². The number of nitrogens with one attached hydrogen (secondary N) is 2. The summed E-state index contributed by atoms with van der Waals surface area (Å²) in [5.41, 5.74) is 4.85. The van der Waals surface area contributed by atoms with Crippen molar-refractivity contribution < 1.29 is 9.53 Å². The smallest absolute Gasteiger partial charge is 0.408 e. The Morgan fingerprint density at radius 1 is 1.58 bits per heavy atom. The number of nitrogens with two attached hydrogens (primary N) is 1. The van der Waals surface area contributed by atoms with Gasteiger partial charge in [0.15, 0.2) is 0 Å². The number of hydrogen-bond acceptors (Lipinski definition) is 5. The molecule has 0 unspecified atom stereocenters. The van der Waals surface area contributed by atoms with Crippen molar-refractivity contribution in [3.8, 4) is 11.8 Å². The molecule has 0 spiro atoms. The summed E-state index contributed by atoms with van der Waals surface area (Å²) in [6.45, 7) is 5.41. The van der Waals surface area contributed by atoms with Crippen molar-refractivity contribution in [1.82, 2.24) is 15.3 Å². The number of aromatic amines is 1. The average Bonchev–Trinajstić information content (AvgIpc) is 2.24. The van der Waals surface area contributed by atoms with Crippen LogP contribution < -0.4 is 16.7 Å². The molecule has 0 radical (unpaired) electrons. The molecule has 0 saturated heterocycles. The van der Waals surface area contributed by atoms with Gasteiger partial charge in [-0.05, 0) is 20.8 Å². The van der Waals surface area contributed by atoms with E-state index in [1.807, 2.05) is 0 Å². The van der Waals surface area contributed by atoms with Crippen LogP contribution in [-0.4, -0.2) is 28.2 Å². The van der Waals surface area contributed by atoms with Crippen molar-refractivity contribution in [2.24, 2.45) is 0 Å². The number of H-pyrrole nitrogens is 1. The Balaban J connectivity index is 2.52. The Bertz CT molecular complexity index is 575. The maximum Gasteiger partial charge on any atom is 0.408 e. The lowest BCUT2D eigenvalue weighted by molar-refractivity contribution is 0.0535. The molecule has 0 aliphatic carbocycles. The molecule has 0 saturated carbocycles. The molecule has 102 valence electrons. The molecule has 0 aliphatic heterocycles. The Morgan fingerprint density at radius 2 is 2.26 bits per heavy atom. The monoisotopic (exact) mass is 264 g/mol. The van der Waals surface area contributed by atoms with Crippen molar-refractivity contribution in [1.29, 1.82) is 0 Å². The minimum atomic E-state index is -0.551. The van der Waals surface area contributed by atoms with Crippen molar-refractivity contribution in [2.45, 2.75) is 26.4 Å². The van der Waals surface area contributed by atoms with Gasteiger partial charge in [-0.25, -0.2) is 14.6 Å². The van der Waals surface area contributed by atoms with E-state index in [4.69, 9.17) is 10.5 Å². The lowest BCUT2D eigenvalue weighted by Crippen LogP contribution is -2.32. The molecule has 1 amide bonds. The minimum absolute atomic E-state index is 0.105. The molecular weight excluding hydrogens is 248 g/mol. The Labute approximate surface area is 110 Å². The quantitative estimate of drug-likeness (QED) is 0.629. The summed E-state index contributed by atoms with van der Waals surface area (Å²) in [4.78, 5) is 27.9. The highest BCUT2D eigenvalue weighted by molar-refractivity contribution is 5.68. The summed E-state index contributed by atoms with van der Waals surface area (Å²) >= 11 is 0. The highest BCUT2D eigenvalue weighted by atomic mass is 16.6. The summed E-state index contributed by atoms with van der Waals surface area (Å²) in [6, 6.07) is 0. The van der Waals surface area contributed by atoms with Crippen molar-refractivity contribution in [3.05, 3.63) is 22.2 Å². The first-order chi connectivity index (χ1) is 8.78. The molecule has 1 rings (SSSR count). The van der Waals surface area contributed by atoms with Crippen LogP contribution in [0.2, 0.25) is 0 Å². The molecule has 7 heteroatoms. The van der Waals surface area contributed by atoms with E-state index in [-0.39, 0.29) is 12.4 Å². The van der Waals surface area contributed by atoms with Gasteiger partial charge in [0.05, 0.1) is 18.3 Å². The fourth-order valence-electron chi connectivity index (χ4n) is 1.08. The molecule has 19 heavy (non-hydrogen) atoms. The van der Waals surface area contributed by atoms with Gasteiger partial charge in [-0.3, -0.25) is 4.98 Å². The van der Waals surface area contributed by atoms with Crippen LogP contribution in [-0.2, 0) is 4.74 Å². The first-order valence-electron chi connectivity index (χ1n) is 5.58. The predicted molar refractivity (Wildman–Crippen MR) is 70.4 cm³/mol.